The third-order valence-electron chi connectivity index (χ3n) is 6.43. The molecule has 198 valence electrons. The second-order valence-electron chi connectivity index (χ2n) is 9.01. The number of ketones is 1. The van der Waals surface area contributed by atoms with Gasteiger partial charge < -0.3 is 24.7 Å². The molecular weight excluding hydrogens is 503 g/mol. The first-order valence-electron chi connectivity index (χ1n) is 12.2. The predicted octanol–water partition coefficient (Wildman–Crippen LogP) is 3.60. The van der Waals surface area contributed by atoms with E-state index >= 15 is 0 Å². The van der Waals surface area contributed by atoms with Crippen LogP contribution in [0.2, 0.25) is 0 Å². The highest BCUT2D eigenvalue weighted by molar-refractivity contribution is 6.08. The molecule has 1 aliphatic rings. The molecule has 5 rings (SSSR count). The lowest BCUT2D eigenvalue weighted by molar-refractivity contribution is -0.117. The van der Waals surface area contributed by atoms with Crippen LogP contribution in [-0.2, 0) is 11.3 Å². The number of carbonyl (C=O) groups is 2. The highest BCUT2D eigenvalue weighted by Crippen LogP contribution is 2.36. The molecule has 1 aliphatic heterocycles. The monoisotopic (exact) mass is 528 g/mol. The van der Waals surface area contributed by atoms with Crippen LogP contribution in [0.5, 0.6) is 11.5 Å². The molecule has 0 aliphatic carbocycles. The summed E-state index contributed by atoms with van der Waals surface area (Å²) >= 11 is 0. The number of fused-ring (bicyclic) bond motifs is 1. The van der Waals surface area contributed by atoms with E-state index in [4.69, 9.17) is 9.47 Å². The third kappa shape index (κ3) is 5.41. The Hall–Kier alpha value is -4.83. The molecule has 0 fully saturated rings. The van der Waals surface area contributed by atoms with E-state index < -0.39 is 17.4 Å². The van der Waals surface area contributed by atoms with Gasteiger partial charge in [-0.15, -0.1) is 0 Å². The maximum absolute atomic E-state index is 13.7. The van der Waals surface area contributed by atoms with Crippen LogP contribution in [-0.4, -0.2) is 41.1 Å². The van der Waals surface area contributed by atoms with Crippen molar-refractivity contribution in [3.05, 3.63) is 106 Å². The van der Waals surface area contributed by atoms with E-state index in [0.717, 1.165) is 0 Å². The molecule has 2 N–H and O–H groups in total. The van der Waals surface area contributed by atoms with Crippen LogP contribution in [0.3, 0.4) is 0 Å². The fourth-order valence-electron chi connectivity index (χ4n) is 4.16. The molecule has 0 radical (unpaired) electrons. The fraction of sp³-hybridized carbons (Fsp3) is 0.172. The molecule has 0 bridgehead atoms. The average Bonchev–Trinajstić information content (AvgIpc) is 3.43. The molecule has 1 amide bonds. The maximum Gasteiger partial charge on any atom is 0.275 e. The smallest absolute Gasteiger partial charge is 0.275 e. The molecule has 0 saturated heterocycles. The number of carbonyl (C=O) groups excluding carboxylic acids is 2. The van der Waals surface area contributed by atoms with E-state index in [0.29, 0.717) is 39.4 Å². The summed E-state index contributed by atoms with van der Waals surface area (Å²) in [4.78, 5) is 43.4. The van der Waals surface area contributed by atoms with Gasteiger partial charge in [0.05, 0.1) is 18.3 Å². The van der Waals surface area contributed by atoms with Gasteiger partial charge in [0.2, 0.25) is 12.7 Å². The minimum atomic E-state index is -0.509. The highest BCUT2D eigenvalue weighted by Gasteiger charge is 2.19. The van der Waals surface area contributed by atoms with Crippen molar-refractivity contribution in [2.45, 2.75) is 19.5 Å². The Morgan fingerprint density at radius 3 is 2.54 bits per heavy atom. The zero-order valence-corrected chi connectivity index (χ0v) is 21.2. The van der Waals surface area contributed by atoms with Gasteiger partial charge in [-0.05, 0) is 80.2 Å². The van der Waals surface area contributed by atoms with Crippen molar-refractivity contribution in [3.63, 3.8) is 0 Å². The van der Waals surface area contributed by atoms with Crippen molar-refractivity contribution in [1.82, 2.24) is 14.9 Å². The van der Waals surface area contributed by atoms with E-state index in [1.54, 1.807) is 50.5 Å². The Bertz CT molecular complexity index is 1620. The summed E-state index contributed by atoms with van der Waals surface area (Å²) in [7, 11) is 1.65. The van der Waals surface area contributed by atoms with Crippen LogP contribution in [0.4, 0.5) is 10.1 Å². The highest BCUT2D eigenvalue weighted by atomic mass is 19.1. The van der Waals surface area contributed by atoms with Crippen LogP contribution in [0.15, 0.2) is 77.9 Å². The van der Waals surface area contributed by atoms with Crippen LogP contribution in [0.25, 0.3) is 11.3 Å². The molecule has 4 aromatic rings. The zero-order valence-electron chi connectivity index (χ0n) is 21.2. The lowest BCUT2D eigenvalue weighted by atomic mass is 10.0. The van der Waals surface area contributed by atoms with E-state index in [-0.39, 0.29) is 30.7 Å². The Labute approximate surface area is 223 Å². The molecule has 3 heterocycles. The zero-order chi connectivity index (χ0) is 27.5. The fourth-order valence-corrected chi connectivity index (χ4v) is 4.16. The molecule has 10 heteroatoms. The van der Waals surface area contributed by atoms with Crippen LogP contribution < -0.4 is 25.7 Å². The van der Waals surface area contributed by atoms with Crippen molar-refractivity contribution in [3.8, 4) is 22.8 Å². The number of nitrogens with one attached hydrogen (secondary N) is 2. The number of anilines is 1. The van der Waals surface area contributed by atoms with Gasteiger partial charge in [0.15, 0.2) is 17.3 Å². The minimum Gasteiger partial charge on any atom is -0.454 e. The number of hydrogen-bond donors (Lipinski definition) is 2. The lowest BCUT2D eigenvalue weighted by Gasteiger charge is -2.17. The Balaban J connectivity index is 1.54. The summed E-state index contributed by atoms with van der Waals surface area (Å²) < 4.78 is 25.7. The second-order valence-corrected chi connectivity index (χ2v) is 9.01. The first-order valence-corrected chi connectivity index (χ1v) is 12.2. The Morgan fingerprint density at radius 2 is 1.77 bits per heavy atom. The van der Waals surface area contributed by atoms with E-state index in [1.807, 2.05) is 6.07 Å². The number of ether oxygens (including phenoxy) is 2. The Morgan fingerprint density at radius 1 is 1.00 bits per heavy atom. The number of nitrogens with zero attached hydrogens (tertiary/aromatic N) is 2. The SMILES string of the molecule is CN[C@H](C)C(=O)Nc1ccc(-c2ccc3c(c2)OCO3)n(Cc2cncc(C(=O)c3ccc(F)cc3)c2)c1=O. The number of benzene rings is 2. The van der Waals surface area contributed by atoms with Crippen molar-refractivity contribution in [2.24, 2.45) is 0 Å². The van der Waals surface area contributed by atoms with Crippen molar-refractivity contribution in [2.75, 3.05) is 19.2 Å². The largest absolute Gasteiger partial charge is 0.454 e. The molecule has 0 unspecified atom stereocenters. The van der Waals surface area contributed by atoms with Gasteiger partial charge in [0.1, 0.15) is 11.5 Å². The predicted molar refractivity (Wildman–Crippen MR) is 143 cm³/mol. The number of pyridine rings is 2. The van der Waals surface area contributed by atoms with E-state index in [2.05, 4.69) is 15.6 Å². The van der Waals surface area contributed by atoms with Crippen LogP contribution >= 0.6 is 0 Å². The van der Waals surface area contributed by atoms with Gasteiger partial charge in [-0.3, -0.25) is 19.4 Å². The summed E-state index contributed by atoms with van der Waals surface area (Å²) in [6, 6.07) is 15.0. The van der Waals surface area contributed by atoms with Crippen LogP contribution in [0, 0.1) is 5.82 Å². The number of rotatable bonds is 8. The Kier molecular flexibility index (Phi) is 7.20. The number of halogens is 1. The normalized spacial score (nSPS) is 12.7. The van der Waals surface area contributed by atoms with Gasteiger partial charge in [0.25, 0.3) is 5.56 Å². The van der Waals surface area contributed by atoms with Crippen molar-refractivity contribution in [1.29, 1.82) is 0 Å². The summed E-state index contributed by atoms with van der Waals surface area (Å²) in [6.45, 7) is 1.86. The number of hydrogen-bond acceptors (Lipinski definition) is 7. The molecule has 2 aromatic heterocycles. The number of amides is 1. The summed E-state index contributed by atoms with van der Waals surface area (Å²) in [6.07, 6.45) is 2.98. The summed E-state index contributed by atoms with van der Waals surface area (Å²) in [5, 5.41) is 5.53. The molecule has 2 aromatic carbocycles. The molecular formula is C29H25FN4O5. The third-order valence-corrected chi connectivity index (χ3v) is 6.43. The lowest BCUT2D eigenvalue weighted by Crippen LogP contribution is -2.37. The van der Waals surface area contributed by atoms with Gasteiger partial charge >= 0.3 is 0 Å². The first-order chi connectivity index (χ1) is 18.8. The van der Waals surface area contributed by atoms with Gasteiger partial charge in [-0.2, -0.15) is 0 Å². The molecule has 0 saturated carbocycles. The topological polar surface area (TPSA) is 112 Å². The summed E-state index contributed by atoms with van der Waals surface area (Å²) in [5.41, 5.74) is 2.13. The first kappa shape index (κ1) is 25.8. The standard InChI is InChI=1S/C29H25FN4O5/c1-17(31-2)28(36)33-23-8-9-24(20-5-10-25-26(12-20)39-16-38-25)34(29(23)37)15-18-11-21(14-32-13-18)27(35)19-3-6-22(30)7-4-19/h3-14,17,31H,15-16H2,1-2H3,(H,33,36)/t17-/m1/s1. The van der Waals surface area contributed by atoms with E-state index in [1.165, 1.54) is 35.0 Å². The second kappa shape index (κ2) is 10.9. The number of aromatic nitrogens is 2. The van der Waals surface area contributed by atoms with Gasteiger partial charge in [0, 0.05) is 29.1 Å². The average molecular weight is 529 g/mol. The molecule has 1 atom stereocenters. The quantitative estimate of drug-likeness (QED) is 0.336. The summed E-state index contributed by atoms with van der Waals surface area (Å²) in [5.74, 6) is 0.0410. The van der Waals surface area contributed by atoms with Gasteiger partial charge in [-0.25, -0.2) is 4.39 Å². The molecule has 9 nitrogen and oxygen atoms in total. The number of likely N-dealkylation sites (N-methyl/N-ethyl adjacent to an activating group) is 1. The minimum absolute atomic E-state index is 0.0610. The molecule has 39 heavy (non-hydrogen) atoms. The van der Waals surface area contributed by atoms with E-state index in [9.17, 15) is 18.8 Å². The van der Waals surface area contributed by atoms with Crippen molar-refractivity contribution >= 4 is 17.4 Å². The van der Waals surface area contributed by atoms with Crippen molar-refractivity contribution < 1.29 is 23.5 Å². The van der Waals surface area contributed by atoms with Crippen LogP contribution in [0.1, 0.15) is 28.4 Å². The van der Waals surface area contributed by atoms with Gasteiger partial charge in [-0.1, -0.05) is 0 Å². The molecule has 0 spiro atoms. The maximum atomic E-state index is 13.7.